The SMILES string of the molecule is CC(C)OCCCCNCc1ccc(OC(C)C)cc1. The smallest absolute Gasteiger partial charge is 0.119 e. The van der Waals surface area contributed by atoms with Gasteiger partial charge in [-0.1, -0.05) is 12.1 Å². The number of unbranched alkanes of at least 4 members (excludes halogenated alkanes) is 1. The largest absolute Gasteiger partial charge is 0.491 e. The fourth-order valence-corrected chi connectivity index (χ4v) is 1.86. The quantitative estimate of drug-likeness (QED) is 0.661. The van der Waals surface area contributed by atoms with Crippen LogP contribution in [0.25, 0.3) is 0 Å². The average Bonchev–Trinajstić information content (AvgIpc) is 2.38. The number of benzene rings is 1. The summed E-state index contributed by atoms with van der Waals surface area (Å²) in [7, 11) is 0. The molecular weight excluding hydrogens is 250 g/mol. The molecular formula is C17H29NO2. The van der Waals surface area contributed by atoms with E-state index in [0.29, 0.717) is 6.10 Å². The molecule has 0 fully saturated rings. The number of hydrogen-bond acceptors (Lipinski definition) is 3. The molecule has 1 aromatic rings. The van der Waals surface area contributed by atoms with E-state index in [-0.39, 0.29) is 6.10 Å². The van der Waals surface area contributed by atoms with Gasteiger partial charge in [0.1, 0.15) is 5.75 Å². The van der Waals surface area contributed by atoms with Gasteiger partial charge in [0.05, 0.1) is 12.2 Å². The Labute approximate surface area is 123 Å². The van der Waals surface area contributed by atoms with Crippen LogP contribution in [0.1, 0.15) is 46.1 Å². The summed E-state index contributed by atoms with van der Waals surface area (Å²) >= 11 is 0. The minimum absolute atomic E-state index is 0.229. The Bertz CT molecular complexity index is 347. The summed E-state index contributed by atoms with van der Waals surface area (Å²) in [5.41, 5.74) is 1.29. The fraction of sp³-hybridized carbons (Fsp3) is 0.647. The van der Waals surface area contributed by atoms with Crippen LogP contribution >= 0.6 is 0 Å². The molecule has 3 heteroatoms. The molecule has 0 saturated carbocycles. The topological polar surface area (TPSA) is 30.5 Å². The summed E-state index contributed by atoms with van der Waals surface area (Å²) in [5, 5.41) is 3.45. The van der Waals surface area contributed by atoms with Crippen molar-refractivity contribution in [1.29, 1.82) is 0 Å². The third kappa shape index (κ3) is 8.18. The Morgan fingerprint density at radius 1 is 0.950 bits per heavy atom. The molecule has 0 amide bonds. The lowest BCUT2D eigenvalue weighted by Crippen LogP contribution is -2.15. The molecule has 0 bridgehead atoms. The van der Waals surface area contributed by atoms with Crippen LogP contribution in [0.3, 0.4) is 0 Å². The Balaban J connectivity index is 2.10. The molecule has 0 unspecified atom stereocenters. The highest BCUT2D eigenvalue weighted by molar-refractivity contribution is 5.27. The van der Waals surface area contributed by atoms with Crippen molar-refractivity contribution >= 4 is 0 Å². The highest BCUT2D eigenvalue weighted by Gasteiger charge is 1.98. The molecule has 1 rings (SSSR count). The van der Waals surface area contributed by atoms with Crippen molar-refractivity contribution in [3.8, 4) is 5.75 Å². The minimum atomic E-state index is 0.229. The highest BCUT2D eigenvalue weighted by Crippen LogP contribution is 2.13. The van der Waals surface area contributed by atoms with Crippen molar-refractivity contribution in [2.24, 2.45) is 0 Å². The van der Waals surface area contributed by atoms with E-state index in [2.05, 4.69) is 31.3 Å². The molecule has 1 aromatic carbocycles. The third-order valence-electron chi connectivity index (χ3n) is 2.82. The van der Waals surface area contributed by atoms with Crippen LogP contribution in [0.15, 0.2) is 24.3 Å². The first-order chi connectivity index (χ1) is 9.58. The van der Waals surface area contributed by atoms with Gasteiger partial charge < -0.3 is 14.8 Å². The normalized spacial score (nSPS) is 11.3. The molecule has 1 N–H and O–H groups in total. The lowest BCUT2D eigenvalue weighted by Gasteiger charge is -2.10. The molecule has 0 aliphatic heterocycles. The molecule has 0 radical (unpaired) electrons. The van der Waals surface area contributed by atoms with Crippen LogP contribution in [-0.4, -0.2) is 25.4 Å². The van der Waals surface area contributed by atoms with E-state index in [1.807, 2.05) is 26.0 Å². The van der Waals surface area contributed by atoms with Gasteiger partial charge in [-0.3, -0.25) is 0 Å². The molecule has 3 nitrogen and oxygen atoms in total. The van der Waals surface area contributed by atoms with Gasteiger partial charge in [-0.25, -0.2) is 0 Å². The summed E-state index contributed by atoms with van der Waals surface area (Å²) in [5.74, 6) is 0.939. The van der Waals surface area contributed by atoms with E-state index in [1.54, 1.807) is 0 Å². The summed E-state index contributed by atoms with van der Waals surface area (Å²) < 4.78 is 11.1. The van der Waals surface area contributed by atoms with Crippen LogP contribution in [0.2, 0.25) is 0 Å². The summed E-state index contributed by atoms with van der Waals surface area (Å²) in [6, 6.07) is 8.31. The monoisotopic (exact) mass is 279 g/mol. The van der Waals surface area contributed by atoms with E-state index < -0.39 is 0 Å². The molecule has 20 heavy (non-hydrogen) atoms. The fourth-order valence-electron chi connectivity index (χ4n) is 1.86. The molecule has 0 atom stereocenters. The van der Waals surface area contributed by atoms with Gasteiger partial charge in [-0.2, -0.15) is 0 Å². The van der Waals surface area contributed by atoms with Gasteiger partial charge in [0.15, 0.2) is 0 Å². The highest BCUT2D eigenvalue weighted by atomic mass is 16.5. The number of nitrogens with one attached hydrogen (secondary N) is 1. The minimum Gasteiger partial charge on any atom is -0.491 e. The number of ether oxygens (including phenoxy) is 2. The lowest BCUT2D eigenvalue weighted by atomic mass is 10.2. The number of rotatable bonds is 10. The molecule has 0 aliphatic carbocycles. The Morgan fingerprint density at radius 3 is 2.25 bits per heavy atom. The van der Waals surface area contributed by atoms with Crippen molar-refractivity contribution in [1.82, 2.24) is 5.32 Å². The van der Waals surface area contributed by atoms with Crippen molar-refractivity contribution in [2.75, 3.05) is 13.2 Å². The van der Waals surface area contributed by atoms with Crippen LogP contribution in [0.4, 0.5) is 0 Å². The Morgan fingerprint density at radius 2 is 1.65 bits per heavy atom. The van der Waals surface area contributed by atoms with E-state index >= 15 is 0 Å². The van der Waals surface area contributed by atoms with Crippen LogP contribution in [0, 0.1) is 0 Å². The summed E-state index contributed by atoms with van der Waals surface area (Å²) in [6.07, 6.45) is 2.84. The predicted molar refractivity (Wildman–Crippen MR) is 84.2 cm³/mol. The molecule has 0 spiro atoms. The van der Waals surface area contributed by atoms with E-state index in [0.717, 1.165) is 38.3 Å². The molecule has 0 aliphatic rings. The summed E-state index contributed by atoms with van der Waals surface area (Å²) in [6.45, 7) is 11.0. The Kier molecular flexibility index (Phi) is 8.31. The predicted octanol–water partition coefficient (Wildman–Crippen LogP) is 3.77. The van der Waals surface area contributed by atoms with Gasteiger partial charge in [-0.05, 0) is 64.8 Å². The van der Waals surface area contributed by atoms with Crippen LogP contribution in [0.5, 0.6) is 5.75 Å². The zero-order valence-corrected chi connectivity index (χ0v) is 13.3. The second-order valence-electron chi connectivity index (χ2n) is 5.61. The maximum atomic E-state index is 5.62. The lowest BCUT2D eigenvalue weighted by molar-refractivity contribution is 0.0760. The van der Waals surface area contributed by atoms with Gasteiger partial charge in [0.2, 0.25) is 0 Å². The van der Waals surface area contributed by atoms with E-state index in [1.165, 1.54) is 5.56 Å². The van der Waals surface area contributed by atoms with E-state index in [4.69, 9.17) is 9.47 Å². The van der Waals surface area contributed by atoms with Gasteiger partial charge in [0, 0.05) is 13.2 Å². The maximum Gasteiger partial charge on any atom is 0.119 e. The number of hydrogen-bond donors (Lipinski definition) is 1. The van der Waals surface area contributed by atoms with Crippen molar-refractivity contribution in [3.63, 3.8) is 0 Å². The molecule has 114 valence electrons. The first-order valence-corrected chi connectivity index (χ1v) is 7.66. The zero-order valence-electron chi connectivity index (χ0n) is 13.3. The van der Waals surface area contributed by atoms with E-state index in [9.17, 15) is 0 Å². The molecule has 0 heterocycles. The zero-order chi connectivity index (χ0) is 14.8. The first-order valence-electron chi connectivity index (χ1n) is 7.66. The Hall–Kier alpha value is -1.06. The van der Waals surface area contributed by atoms with Crippen molar-refractivity contribution in [3.05, 3.63) is 29.8 Å². The second kappa shape index (κ2) is 9.78. The van der Waals surface area contributed by atoms with Crippen LogP contribution in [-0.2, 0) is 11.3 Å². The molecule has 0 saturated heterocycles. The molecule has 0 aromatic heterocycles. The second-order valence-corrected chi connectivity index (χ2v) is 5.61. The summed E-state index contributed by atoms with van der Waals surface area (Å²) in [4.78, 5) is 0. The van der Waals surface area contributed by atoms with Gasteiger partial charge in [-0.15, -0.1) is 0 Å². The average molecular weight is 279 g/mol. The van der Waals surface area contributed by atoms with Crippen molar-refractivity contribution < 1.29 is 9.47 Å². The first kappa shape index (κ1) is 17.0. The third-order valence-corrected chi connectivity index (χ3v) is 2.82. The maximum absolute atomic E-state index is 5.62. The van der Waals surface area contributed by atoms with Gasteiger partial charge >= 0.3 is 0 Å². The van der Waals surface area contributed by atoms with Crippen LogP contribution < -0.4 is 10.1 Å². The van der Waals surface area contributed by atoms with Crippen molar-refractivity contribution in [2.45, 2.75) is 59.3 Å². The standard InChI is InChI=1S/C17H29NO2/c1-14(2)19-12-6-5-11-18-13-16-7-9-17(10-8-16)20-15(3)4/h7-10,14-15,18H,5-6,11-13H2,1-4H3. The van der Waals surface area contributed by atoms with Gasteiger partial charge in [0.25, 0.3) is 0 Å².